The van der Waals surface area contributed by atoms with E-state index in [0.29, 0.717) is 31.9 Å². The van der Waals surface area contributed by atoms with Crippen molar-refractivity contribution in [1.82, 2.24) is 5.32 Å². The minimum Gasteiger partial charge on any atom is -0.378 e. The van der Waals surface area contributed by atoms with Gasteiger partial charge >= 0.3 is 0 Å². The second-order valence-corrected chi connectivity index (χ2v) is 7.08. The van der Waals surface area contributed by atoms with E-state index in [1.54, 1.807) is 6.07 Å². The van der Waals surface area contributed by atoms with Crippen LogP contribution in [0.3, 0.4) is 0 Å². The first-order valence-electron chi connectivity index (χ1n) is 9.62. The van der Waals surface area contributed by atoms with Crippen LogP contribution in [-0.4, -0.2) is 43.2 Å². The van der Waals surface area contributed by atoms with Gasteiger partial charge in [-0.1, -0.05) is 19.3 Å². The Morgan fingerprint density at radius 3 is 2.64 bits per heavy atom. The second-order valence-electron chi connectivity index (χ2n) is 7.08. The number of hydrogen-bond donors (Lipinski definition) is 1. The highest BCUT2D eigenvalue weighted by Crippen LogP contribution is 2.28. The molecule has 0 radical (unpaired) electrons. The van der Waals surface area contributed by atoms with E-state index < -0.39 is 10.8 Å². The maximum Gasteiger partial charge on any atom is 0.270 e. The van der Waals surface area contributed by atoms with Crippen LogP contribution in [0.25, 0.3) is 6.08 Å². The summed E-state index contributed by atoms with van der Waals surface area (Å²) in [5.41, 5.74) is 1.13. The molecule has 1 heterocycles. The van der Waals surface area contributed by atoms with Crippen molar-refractivity contribution in [2.45, 2.75) is 38.1 Å². The molecular weight excluding hydrogens is 360 g/mol. The number of rotatable bonds is 5. The number of anilines is 1. The zero-order chi connectivity index (χ0) is 19.9. The number of nitriles is 1. The van der Waals surface area contributed by atoms with Crippen LogP contribution in [0.15, 0.2) is 23.8 Å². The molecule has 0 unspecified atom stereocenters. The van der Waals surface area contributed by atoms with Crippen molar-refractivity contribution >= 4 is 23.4 Å². The molecule has 148 valence electrons. The molecule has 1 aromatic rings. The van der Waals surface area contributed by atoms with Crippen LogP contribution in [0.1, 0.15) is 37.7 Å². The molecule has 0 aromatic heterocycles. The van der Waals surface area contributed by atoms with E-state index in [1.165, 1.54) is 24.6 Å². The highest BCUT2D eigenvalue weighted by Gasteiger charge is 2.21. The molecule has 1 aliphatic heterocycles. The number of hydrogen-bond acceptors (Lipinski definition) is 6. The molecule has 0 atom stereocenters. The Balaban J connectivity index is 1.89. The lowest BCUT2D eigenvalue weighted by Gasteiger charge is -2.30. The standard InChI is InChI=1S/C20H24N4O4/c21-14-16(20(25)22-17-4-2-1-3-5-17)12-15-13-18(24(26)27)6-7-19(15)23-8-10-28-11-9-23/h6-7,12-13,17H,1-5,8-11H2,(H,22,25)/b16-12+. The zero-order valence-electron chi connectivity index (χ0n) is 15.7. The van der Waals surface area contributed by atoms with Gasteiger partial charge in [-0.3, -0.25) is 14.9 Å². The summed E-state index contributed by atoms with van der Waals surface area (Å²) < 4.78 is 5.37. The number of ether oxygens (including phenoxy) is 1. The molecule has 1 N–H and O–H groups in total. The summed E-state index contributed by atoms with van der Waals surface area (Å²) in [7, 11) is 0. The second kappa shape index (κ2) is 9.33. The van der Waals surface area contributed by atoms with E-state index in [4.69, 9.17) is 4.74 Å². The highest BCUT2D eigenvalue weighted by atomic mass is 16.6. The van der Waals surface area contributed by atoms with Crippen LogP contribution >= 0.6 is 0 Å². The molecule has 1 saturated carbocycles. The Labute approximate surface area is 163 Å². The Morgan fingerprint density at radius 1 is 1.29 bits per heavy atom. The SMILES string of the molecule is N#C/C(=C\c1cc([N+](=O)[O-])ccc1N1CCOCC1)C(=O)NC1CCCCC1. The van der Waals surface area contributed by atoms with Gasteiger partial charge < -0.3 is 15.0 Å². The van der Waals surface area contributed by atoms with E-state index >= 15 is 0 Å². The summed E-state index contributed by atoms with van der Waals surface area (Å²) in [6.07, 6.45) is 6.60. The van der Waals surface area contributed by atoms with Crippen molar-refractivity contribution in [3.63, 3.8) is 0 Å². The van der Waals surface area contributed by atoms with Crippen LogP contribution in [0.4, 0.5) is 11.4 Å². The van der Waals surface area contributed by atoms with Crippen molar-refractivity contribution in [2.75, 3.05) is 31.2 Å². The van der Waals surface area contributed by atoms with Crippen LogP contribution in [0.5, 0.6) is 0 Å². The van der Waals surface area contributed by atoms with Crippen molar-refractivity contribution in [2.24, 2.45) is 0 Å². The van der Waals surface area contributed by atoms with Crippen LogP contribution in [0, 0.1) is 21.4 Å². The molecule has 1 amide bonds. The minimum atomic E-state index is -0.478. The predicted molar refractivity (Wildman–Crippen MR) is 105 cm³/mol. The molecule has 2 aliphatic rings. The van der Waals surface area contributed by atoms with Gasteiger partial charge in [0.1, 0.15) is 11.6 Å². The van der Waals surface area contributed by atoms with E-state index in [0.717, 1.165) is 31.4 Å². The normalized spacial score (nSPS) is 18.4. The van der Waals surface area contributed by atoms with Crippen LogP contribution < -0.4 is 10.2 Å². The summed E-state index contributed by atoms with van der Waals surface area (Å²) in [5.74, 6) is -0.422. The Bertz CT molecular complexity index is 803. The quantitative estimate of drug-likeness (QED) is 0.362. The zero-order valence-corrected chi connectivity index (χ0v) is 15.7. The number of non-ortho nitro benzene ring substituents is 1. The molecule has 3 rings (SSSR count). The van der Waals surface area contributed by atoms with Crippen molar-refractivity contribution in [3.05, 3.63) is 39.4 Å². The minimum absolute atomic E-state index is 0.0411. The third-order valence-corrected chi connectivity index (χ3v) is 5.18. The van der Waals surface area contributed by atoms with Crippen molar-refractivity contribution < 1.29 is 14.5 Å². The summed E-state index contributed by atoms with van der Waals surface area (Å²) >= 11 is 0. The third-order valence-electron chi connectivity index (χ3n) is 5.18. The number of nitrogens with one attached hydrogen (secondary N) is 1. The Hall–Kier alpha value is -2.92. The van der Waals surface area contributed by atoms with E-state index in [1.807, 2.05) is 11.0 Å². The van der Waals surface area contributed by atoms with Gasteiger partial charge in [0.15, 0.2) is 0 Å². The maximum absolute atomic E-state index is 12.6. The van der Waals surface area contributed by atoms with Crippen LogP contribution in [-0.2, 0) is 9.53 Å². The topological polar surface area (TPSA) is 108 Å². The lowest BCUT2D eigenvalue weighted by molar-refractivity contribution is -0.384. The van der Waals surface area contributed by atoms with Gasteiger partial charge in [-0.2, -0.15) is 5.26 Å². The number of nitrogens with zero attached hydrogens (tertiary/aromatic N) is 3. The molecule has 1 aromatic carbocycles. The number of nitro groups is 1. The van der Waals surface area contributed by atoms with Gasteiger partial charge in [0.25, 0.3) is 11.6 Å². The summed E-state index contributed by atoms with van der Waals surface area (Å²) in [4.78, 5) is 25.4. The average molecular weight is 384 g/mol. The number of carbonyl (C=O) groups excluding carboxylic acids is 1. The molecule has 0 bridgehead atoms. The molecule has 1 saturated heterocycles. The summed E-state index contributed by atoms with van der Waals surface area (Å²) in [5, 5.41) is 23.6. The predicted octanol–water partition coefficient (Wildman–Crippen LogP) is 2.79. The molecular formula is C20H24N4O4. The van der Waals surface area contributed by atoms with Gasteiger partial charge in [0.05, 0.1) is 18.1 Å². The van der Waals surface area contributed by atoms with Crippen molar-refractivity contribution in [1.29, 1.82) is 5.26 Å². The molecule has 8 heteroatoms. The maximum atomic E-state index is 12.6. The number of morpholine rings is 1. The number of carbonyl (C=O) groups is 1. The number of nitro benzene ring substituents is 1. The molecule has 8 nitrogen and oxygen atoms in total. The number of benzene rings is 1. The Morgan fingerprint density at radius 2 is 2.00 bits per heavy atom. The van der Waals surface area contributed by atoms with Gasteiger partial charge in [-0.15, -0.1) is 0 Å². The smallest absolute Gasteiger partial charge is 0.270 e. The molecule has 1 aliphatic carbocycles. The summed E-state index contributed by atoms with van der Waals surface area (Å²) in [6.45, 7) is 2.42. The van der Waals surface area contributed by atoms with Gasteiger partial charge in [-0.25, -0.2) is 0 Å². The third kappa shape index (κ3) is 4.87. The summed E-state index contributed by atoms with van der Waals surface area (Å²) in [6, 6.07) is 6.56. The average Bonchev–Trinajstić information content (AvgIpc) is 2.73. The lowest BCUT2D eigenvalue weighted by Crippen LogP contribution is -2.37. The fourth-order valence-corrected chi connectivity index (χ4v) is 3.68. The fraction of sp³-hybridized carbons (Fsp3) is 0.500. The largest absolute Gasteiger partial charge is 0.378 e. The number of amides is 1. The Kier molecular flexibility index (Phi) is 6.61. The van der Waals surface area contributed by atoms with E-state index in [-0.39, 0.29) is 17.3 Å². The van der Waals surface area contributed by atoms with Gasteiger partial charge in [0, 0.05) is 42.5 Å². The lowest BCUT2D eigenvalue weighted by atomic mass is 9.95. The fourth-order valence-electron chi connectivity index (χ4n) is 3.68. The molecule has 0 spiro atoms. The first-order valence-corrected chi connectivity index (χ1v) is 9.62. The van der Waals surface area contributed by atoms with Gasteiger partial charge in [-0.05, 0) is 25.0 Å². The first kappa shape index (κ1) is 19.8. The molecule has 2 fully saturated rings. The van der Waals surface area contributed by atoms with E-state index in [2.05, 4.69) is 5.32 Å². The highest BCUT2D eigenvalue weighted by molar-refractivity contribution is 6.02. The molecule has 28 heavy (non-hydrogen) atoms. The monoisotopic (exact) mass is 384 g/mol. The van der Waals surface area contributed by atoms with Gasteiger partial charge in [0.2, 0.25) is 0 Å². The van der Waals surface area contributed by atoms with Crippen molar-refractivity contribution in [3.8, 4) is 6.07 Å². The van der Waals surface area contributed by atoms with Crippen LogP contribution in [0.2, 0.25) is 0 Å². The first-order chi connectivity index (χ1) is 13.6. The van der Waals surface area contributed by atoms with E-state index in [9.17, 15) is 20.2 Å².